The fraction of sp³-hybridized carbons (Fsp3) is 0.917. The monoisotopic (exact) mass is 211 g/mol. The van der Waals surface area contributed by atoms with E-state index in [0.29, 0.717) is 6.61 Å². The highest BCUT2D eigenvalue weighted by Gasteiger charge is 2.42. The molecule has 3 heteroatoms. The molecule has 1 saturated carbocycles. The summed E-state index contributed by atoms with van der Waals surface area (Å²) in [5.41, 5.74) is -0.263. The van der Waals surface area contributed by atoms with Crippen molar-refractivity contribution in [3.05, 3.63) is 0 Å². The highest BCUT2D eigenvalue weighted by atomic mass is 16.5. The van der Waals surface area contributed by atoms with Gasteiger partial charge in [0.2, 0.25) is 0 Å². The molecule has 1 heterocycles. The third kappa shape index (κ3) is 2.03. The molecule has 86 valence electrons. The van der Waals surface area contributed by atoms with Crippen molar-refractivity contribution in [3.8, 4) is 0 Å². The van der Waals surface area contributed by atoms with Gasteiger partial charge in [0.15, 0.2) is 5.90 Å². The summed E-state index contributed by atoms with van der Waals surface area (Å²) < 4.78 is 5.69. The molecule has 0 radical (unpaired) electrons. The zero-order chi connectivity index (χ0) is 10.9. The molecule has 1 aliphatic carbocycles. The quantitative estimate of drug-likeness (QED) is 0.760. The van der Waals surface area contributed by atoms with E-state index in [0.717, 1.165) is 18.7 Å². The van der Waals surface area contributed by atoms with Gasteiger partial charge in [-0.25, -0.2) is 4.99 Å². The van der Waals surface area contributed by atoms with Crippen LogP contribution in [0.4, 0.5) is 0 Å². The lowest BCUT2D eigenvalue weighted by atomic mass is 9.74. The molecule has 1 aliphatic heterocycles. The number of aliphatic hydroxyl groups is 1. The number of aliphatic imine (C=N–C) groups is 1. The van der Waals surface area contributed by atoms with Gasteiger partial charge in [-0.05, 0) is 26.7 Å². The lowest BCUT2D eigenvalue weighted by molar-refractivity contribution is 0.116. The van der Waals surface area contributed by atoms with Crippen molar-refractivity contribution in [2.75, 3.05) is 13.2 Å². The highest BCUT2D eigenvalue weighted by molar-refractivity contribution is 5.84. The first kappa shape index (κ1) is 10.9. The molecule has 1 N–H and O–H groups in total. The Labute approximate surface area is 91.5 Å². The first-order valence-electron chi connectivity index (χ1n) is 5.92. The van der Waals surface area contributed by atoms with E-state index in [1.807, 2.05) is 0 Å². The fourth-order valence-electron chi connectivity index (χ4n) is 2.52. The smallest absolute Gasteiger partial charge is 0.192 e. The lowest BCUT2D eigenvalue weighted by Crippen LogP contribution is -2.37. The van der Waals surface area contributed by atoms with Crippen molar-refractivity contribution in [1.29, 1.82) is 0 Å². The minimum atomic E-state index is -0.161. The van der Waals surface area contributed by atoms with Gasteiger partial charge in [-0.2, -0.15) is 0 Å². The van der Waals surface area contributed by atoms with Crippen LogP contribution in [0.5, 0.6) is 0 Å². The standard InChI is InChI=1S/C12H21NO2/c1-11(2)9-15-10(13-11)12(8-14)6-4-3-5-7-12/h14H,3-9H2,1-2H3. The van der Waals surface area contributed by atoms with Gasteiger partial charge in [-0.1, -0.05) is 19.3 Å². The molecule has 0 saturated heterocycles. The van der Waals surface area contributed by atoms with E-state index in [4.69, 9.17) is 4.74 Å². The Morgan fingerprint density at radius 2 is 1.93 bits per heavy atom. The summed E-state index contributed by atoms with van der Waals surface area (Å²) in [4.78, 5) is 4.62. The molecule has 0 aromatic heterocycles. The van der Waals surface area contributed by atoms with E-state index in [9.17, 15) is 5.11 Å². The van der Waals surface area contributed by atoms with Crippen LogP contribution in [-0.2, 0) is 4.74 Å². The van der Waals surface area contributed by atoms with Crippen LogP contribution in [0.25, 0.3) is 0 Å². The fourth-order valence-corrected chi connectivity index (χ4v) is 2.52. The second-order valence-electron chi connectivity index (χ2n) is 5.52. The van der Waals surface area contributed by atoms with Gasteiger partial charge in [0.05, 0.1) is 17.6 Å². The Morgan fingerprint density at radius 1 is 1.27 bits per heavy atom. The predicted octanol–water partition coefficient (Wildman–Crippen LogP) is 2.14. The molecule has 0 spiro atoms. The first-order valence-corrected chi connectivity index (χ1v) is 5.92. The number of hydrogen-bond acceptors (Lipinski definition) is 3. The second kappa shape index (κ2) is 3.78. The maximum Gasteiger partial charge on any atom is 0.192 e. The molecular formula is C12H21NO2. The molecule has 15 heavy (non-hydrogen) atoms. The minimum absolute atomic E-state index is 0.102. The summed E-state index contributed by atoms with van der Waals surface area (Å²) in [6.07, 6.45) is 5.70. The molecule has 0 bridgehead atoms. The zero-order valence-corrected chi connectivity index (χ0v) is 9.75. The van der Waals surface area contributed by atoms with E-state index in [1.165, 1.54) is 19.3 Å². The van der Waals surface area contributed by atoms with E-state index >= 15 is 0 Å². The summed E-state index contributed by atoms with van der Waals surface area (Å²) in [5, 5.41) is 9.61. The van der Waals surface area contributed by atoms with Crippen LogP contribution in [-0.4, -0.2) is 29.8 Å². The Morgan fingerprint density at radius 3 is 2.40 bits per heavy atom. The van der Waals surface area contributed by atoms with E-state index in [1.54, 1.807) is 0 Å². The Hall–Kier alpha value is -0.570. The number of rotatable bonds is 2. The summed E-state index contributed by atoms with van der Waals surface area (Å²) in [6.45, 7) is 4.99. The number of hydrogen-bond donors (Lipinski definition) is 1. The maximum absolute atomic E-state index is 9.61. The van der Waals surface area contributed by atoms with Crippen LogP contribution in [0.2, 0.25) is 0 Å². The van der Waals surface area contributed by atoms with Gasteiger partial charge in [0, 0.05) is 0 Å². The Kier molecular flexibility index (Phi) is 2.75. The van der Waals surface area contributed by atoms with Crippen molar-refractivity contribution >= 4 is 5.90 Å². The average molecular weight is 211 g/mol. The normalized spacial score (nSPS) is 28.3. The largest absolute Gasteiger partial charge is 0.478 e. The molecule has 0 unspecified atom stereocenters. The summed E-state index contributed by atoms with van der Waals surface area (Å²) in [7, 11) is 0. The third-order valence-corrected chi connectivity index (χ3v) is 3.53. The molecule has 0 aromatic carbocycles. The molecule has 0 aromatic rings. The van der Waals surface area contributed by atoms with Crippen LogP contribution in [0.3, 0.4) is 0 Å². The Bertz CT molecular complexity index is 265. The minimum Gasteiger partial charge on any atom is -0.478 e. The van der Waals surface area contributed by atoms with Crippen molar-refractivity contribution in [2.24, 2.45) is 10.4 Å². The van der Waals surface area contributed by atoms with Crippen LogP contribution >= 0.6 is 0 Å². The molecule has 2 rings (SSSR count). The number of nitrogens with zero attached hydrogens (tertiary/aromatic N) is 1. The van der Waals surface area contributed by atoms with Crippen LogP contribution in [0.1, 0.15) is 46.0 Å². The van der Waals surface area contributed by atoms with E-state index < -0.39 is 0 Å². The van der Waals surface area contributed by atoms with Crippen LogP contribution in [0, 0.1) is 5.41 Å². The van der Waals surface area contributed by atoms with Gasteiger partial charge < -0.3 is 9.84 Å². The average Bonchev–Trinajstić information content (AvgIpc) is 2.60. The zero-order valence-electron chi connectivity index (χ0n) is 9.75. The van der Waals surface area contributed by atoms with Crippen LogP contribution < -0.4 is 0 Å². The number of aliphatic hydroxyl groups excluding tert-OH is 1. The summed E-state index contributed by atoms with van der Waals surface area (Å²) >= 11 is 0. The molecule has 2 aliphatic rings. The second-order valence-corrected chi connectivity index (χ2v) is 5.52. The molecule has 0 atom stereocenters. The molecule has 1 fully saturated rings. The molecule has 3 nitrogen and oxygen atoms in total. The van der Waals surface area contributed by atoms with Gasteiger partial charge in [0.1, 0.15) is 6.61 Å². The van der Waals surface area contributed by atoms with Gasteiger partial charge in [-0.3, -0.25) is 0 Å². The Balaban J connectivity index is 2.19. The first-order chi connectivity index (χ1) is 7.08. The highest BCUT2D eigenvalue weighted by Crippen LogP contribution is 2.40. The topological polar surface area (TPSA) is 41.8 Å². The van der Waals surface area contributed by atoms with Crippen molar-refractivity contribution in [2.45, 2.75) is 51.5 Å². The SMILES string of the molecule is CC1(C)COC(C2(CO)CCCCC2)=N1. The molecule has 0 amide bonds. The van der Waals surface area contributed by atoms with Crippen LogP contribution in [0.15, 0.2) is 4.99 Å². The number of ether oxygens (including phenoxy) is 1. The van der Waals surface area contributed by atoms with Crippen molar-refractivity contribution in [1.82, 2.24) is 0 Å². The summed E-state index contributed by atoms with van der Waals surface area (Å²) in [5.74, 6) is 0.815. The third-order valence-electron chi connectivity index (χ3n) is 3.53. The van der Waals surface area contributed by atoms with E-state index in [2.05, 4.69) is 18.8 Å². The van der Waals surface area contributed by atoms with E-state index in [-0.39, 0.29) is 17.6 Å². The lowest BCUT2D eigenvalue weighted by Gasteiger charge is -2.34. The maximum atomic E-state index is 9.61. The van der Waals surface area contributed by atoms with Crippen molar-refractivity contribution in [3.63, 3.8) is 0 Å². The van der Waals surface area contributed by atoms with Crippen molar-refractivity contribution < 1.29 is 9.84 Å². The van der Waals surface area contributed by atoms with Gasteiger partial charge >= 0.3 is 0 Å². The van der Waals surface area contributed by atoms with Gasteiger partial charge in [-0.15, -0.1) is 0 Å². The molecular weight excluding hydrogens is 190 g/mol. The van der Waals surface area contributed by atoms with Gasteiger partial charge in [0.25, 0.3) is 0 Å². The summed E-state index contributed by atoms with van der Waals surface area (Å²) in [6, 6.07) is 0. The predicted molar refractivity (Wildman–Crippen MR) is 60.1 cm³/mol.